The molecule has 3 aliphatic rings. The van der Waals surface area contributed by atoms with Crippen molar-refractivity contribution < 1.29 is 14.3 Å². The second-order valence-electron chi connectivity index (χ2n) is 9.92. The van der Waals surface area contributed by atoms with E-state index >= 15 is 0 Å². The predicted octanol–water partition coefficient (Wildman–Crippen LogP) is 4.27. The van der Waals surface area contributed by atoms with Crippen LogP contribution in [0.3, 0.4) is 0 Å². The van der Waals surface area contributed by atoms with Crippen LogP contribution >= 0.6 is 11.8 Å². The first-order chi connectivity index (χ1) is 16.0. The normalized spacial score (nSPS) is 25.3. The summed E-state index contributed by atoms with van der Waals surface area (Å²) in [5.41, 5.74) is 1.19. The van der Waals surface area contributed by atoms with Gasteiger partial charge in [-0.1, -0.05) is 24.3 Å². The van der Waals surface area contributed by atoms with E-state index in [0.717, 1.165) is 50.3 Å². The first kappa shape index (κ1) is 24.2. The lowest BCUT2D eigenvalue weighted by molar-refractivity contribution is -0.139. The summed E-state index contributed by atoms with van der Waals surface area (Å²) in [5.74, 6) is 3.94. The molecule has 0 aromatic heterocycles. The minimum Gasteiger partial charge on any atom is -0.497 e. The molecule has 2 fully saturated rings. The first-order valence-electron chi connectivity index (χ1n) is 12.3. The van der Waals surface area contributed by atoms with E-state index in [1.54, 1.807) is 18.9 Å². The predicted molar refractivity (Wildman–Crippen MR) is 134 cm³/mol. The van der Waals surface area contributed by atoms with Gasteiger partial charge in [0.2, 0.25) is 11.8 Å². The number of allylic oxidation sites excluding steroid dienone is 2. The minimum absolute atomic E-state index is 0.133. The third kappa shape index (κ3) is 5.59. The fourth-order valence-electron chi connectivity index (χ4n) is 6.02. The lowest BCUT2D eigenvalue weighted by Crippen LogP contribution is -2.49. The van der Waals surface area contributed by atoms with E-state index in [9.17, 15) is 9.59 Å². The molecule has 0 N–H and O–H groups in total. The monoisotopic (exact) mass is 470 g/mol. The maximum absolute atomic E-state index is 13.2. The van der Waals surface area contributed by atoms with Gasteiger partial charge in [0.15, 0.2) is 0 Å². The summed E-state index contributed by atoms with van der Waals surface area (Å²) in [6.07, 6.45) is 12.1. The van der Waals surface area contributed by atoms with Crippen LogP contribution in [0.5, 0.6) is 5.75 Å². The quantitative estimate of drug-likeness (QED) is 0.506. The molecule has 33 heavy (non-hydrogen) atoms. The third-order valence-corrected chi connectivity index (χ3v) is 8.59. The average Bonchev–Trinajstić information content (AvgIpc) is 3.49. The molecule has 1 aromatic carbocycles. The van der Waals surface area contributed by atoms with Gasteiger partial charge >= 0.3 is 0 Å². The number of carbonyl (C=O) groups excluding carboxylic acids is 2. The van der Waals surface area contributed by atoms with E-state index in [1.165, 1.54) is 12.0 Å². The summed E-state index contributed by atoms with van der Waals surface area (Å²) in [6, 6.07) is 8.31. The number of carbonyl (C=O) groups is 2. The zero-order valence-corrected chi connectivity index (χ0v) is 21.1. The number of likely N-dealkylation sites (N-methyl/N-ethyl adjacent to an activating group) is 1. The molecule has 6 heteroatoms. The average molecular weight is 471 g/mol. The number of hydrogen-bond donors (Lipinski definition) is 0. The Kier molecular flexibility index (Phi) is 8.05. The molecule has 1 saturated heterocycles. The number of benzene rings is 1. The Balaban J connectivity index is 1.42. The number of nitrogens with zero attached hydrogens (tertiary/aromatic N) is 2. The van der Waals surface area contributed by atoms with Crippen molar-refractivity contribution in [3.8, 4) is 5.75 Å². The summed E-state index contributed by atoms with van der Waals surface area (Å²) in [4.78, 5) is 30.2. The van der Waals surface area contributed by atoms with Crippen LogP contribution < -0.4 is 4.74 Å². The minimum atomic E-state index is 0.133. The van der Waals surface area contributed by atoms with Crippen molar-refractivity contribution in [2.45, 2.75) is 44.6 Å². The van der Waals surface area contributed by atoms with Crippen molar-refractivity contribution in [1.29, 1.82) is 0 Å². The van der Waals surface area contributed by atoms with E-state index in [-0.39, 0.29) is 17.9 Å². The number of amides is 2. The van der Waals surface area contributed by atoms with Gasteiger partial charge < -0.3 is 14.5 Å². The van der Waals surface area contributed by atoms with Gasteiger partial charge in [0, 0.05) is 44.3 Å². The van der Waals surface area contributed by atoms with Crippen molar-refractivity contribution >= 4 is 23.6 Å². The van der Waals surface area contributed by atoms with Gasteiger partial charge in [-0.2, -0.15) is 11.8 Å². The molecule has 1 heterocycles. The lowest BCUT2D eigenvalue weighted by Gasteiger charge is -2.41. The molecule has 4 rings (SSSR count). The second-order valence-corrected chi connectivity index (χ2v) is 10.9. The highest BCUT2D eigenvalue weighted by Crippen LogP contribution is 2.44. The van der Waals surface area contributed by atoms with Gasteiger partial charge in [0.25, 0.3) is 0 Å². The van der Waals surface area contributed by atoms with Gasteiger partial charge in [-0.05, 0) is 73.8 Å². The van der Waals surface area contributed by atoms with Crippen molar-refractivity contribution in [1.82, 2.24) is 9.80 Å². The molecule has 2 aliphatic carbocycles. The maximum atomic E-state index is 13.2. The number of hydrogen-bond acceptors (Lipinski definition) is 4. The first-order valence-corrected chi connectivity index (χ1v) is 13.7. The summed E-state index contributed by atoms with van der Waals surface area (Å²) >= 11 is 1.71. The maximum Gasteiger partial charge on any atom is 0.226 e. The molecular weight excluding hydrogens is 432 g/mol. The van der Waals surface area contributed by atoms with Gasteiger partial charge in [-0.25, -0.2) is 0 Å². The van der Waals surface area contributed by atoms with E-state index in [0.29, 0.717) is 30.1 Å². The topological polar surface area (TPSA) is 49.9 Å². The van der Waals surface area contributed by atoms with Crippen molar-refractivity contribution in [3.63, 3.8) is 0 Å². The molecule has 1 aromatic rings. The lowest BCUT2D eigenvalue weighted by atomic mass is 9.84. The summed E-state index contributed by atoms with van der Waals surface area (Å²) < 4.78 is 5.42. The molecule has 0 radical (unpaired) electrons. The van der Waals surface area contributed by atoms with E-state index in [1.807, 2.05) is 30.3 Å². The van der Waals surface area contributed by atoms with Crippen LogP contribution in [0.1, 0.15) is 37.7 Å². The van der Waals surface area contributed by atoms with Gasteiger partial charge in [-0.3, -0.25) is 9.59 Å². The highest BCUT2D eigenvalue weighted by Gasteiger charge is 2.42. The number of fused-ring (bicyclic) bond motifs is 2. The Morgan fingerprint density at radius 2 is 2.00 bits per heavy atom. The number of thioether (sulfide) groups is 1. The Bertz CT molecular complexity index is 865. The molecule has 0 unspecified atom stereocenters. The Labute approximate surface area is 202 Å². The van der Waals surface area contributed by atoms with Crippen LogP contribution in [0.25, 0.3) is 0 Å². The van der Waals surface area contributed by atoms with Crippen LogP contribution in [0, 0.1) is 23.7 Å². The summed E-state index contributed by atoms with van der Waals surface area (Å²) in [5, 5.41) is 0. The zero-order valence-electron chi connectivity index (χ0n) is 20.2. The fourth-order valence-corrected chi connectivity index (χ4v) is 6.39. The van der Waals surface area contributed by atoms with Crippen molar-refractivity contribution in [2.24, 2.45) is 23.7 Å². The Morgan fingerprint density at radius 3 is 2.64 bits per heavy atom. The highest BCUT2D eigenvalue weighted by atomic mass is 32.2. The number of likely N-dealkylation sites (tertiary alicyclic amines) is 1. The van der Waals surface area contributed by atoms with E-state index in [4.69, 9.17) is 4.74 Å². The fraction of sp³-hybridized carbons (Fsp3) is 0.630. The second kappa shape index (κ2) is 11.0. The molecule has 1 aliphatic heterocycles. The molecule has 2 amide bonds. The third-order valence-electron chi connectivity index (χ3n) is 7.98. The molecule has 180 valence electrons. The van der Waals surface area contributed by atoms with Crippen LogP contribution in [0.15, 0.2) is 36.4 Å². The Hall–Kier alpha value is -1.95. The standard InChI is InChI=1S/C27H38N2O3S/c1-28(26(30)11-14-33-3)25(18-19-5-4-6-23(16-19)32-2)21-9-12-29(13-10-21)27(31)24-17-20-7-8-22(24)15-20/h4-8,16,20-22,24-25H,9-15,17-18H2,1-3H3/t20-,22+,24+,25+/m1/s1. The van der Waals surface area contributed by atoms with Gasteiger partial charge in [0.05, 0.1) is 7.11 Å². The van der Waals surface area contributed by atoms with E-state index < -0.39 is 0 Å². The van der Waals surface area contributed by atoms with Gasteiger partial charge in [0.1, 0.15) is 5.75 Å². The van der Waals surface area contributed by atoms with Crippen LogP contribution in [0.4, 0.5) is 0 Å². The molecule has 0 spiro atoms. The molecule has 1 saturated carbocycles. The van der Waals surface area contributed by atoms with Crippen LogP contribution in [-0.2, 0) is 16.0 Å². The summed E-state index contributed by atoms with van der Waals surface area (Å²) in [7, 11) is 3.65. The van der Waals surface area contributed by atoms with E-state index in [2.05, 4.69) is 29.2 Å². The van der Waals surface area contributed by atoms with Crippen LogP contribution in [-0.4, -0.2) is 66.9 Å². The largest absolute Gasteiger partial charge is 0.497 e. The highest BCUT2D eigenvalue weighted by molar-refractivity contribution is 7.98. The molecule has 5 nitrogen and oxygen atoms in total. The number of piperidine rings is 1. The van der Waals surface area contributed by atoms with Crippen LogP contribution in [0.2, 0.25) is 0 Å². The van der Waals surface area contributed by atoms with Crippen molar-refractivity contribution in [3.05, 3.63) is 42.0 Å². The molecule has 2 bridgehead atoms. The SMILES string of the molecule is COc1cccc(C[C@@H](C2CCN(C(=O)[C@H]3C[C@@H]4C=C[C@H]3C4)CC2)N(C)C(=O)CCSC)c1. The number of methoxy groups -OCH3 is 1. The summed E-state index contributed by atoms with van der Waals surface area (Å²) in [6.45, 7) is 1.62. The number of ether oxygens (including phenoxy) is 1. The number of rotatable bonds is 9. The van der Waals surface area contributed by atoms with Gasteiger partial charge in [-0.15, -0.1) is 0 Å². The molecular formula is C27H38N2O3S. The smallest absolute Gasteiger partial charge is 0.226 e. The Morgan fingerprint density at radius 1 is 1.21 bits per heavy atom. The molecule has 4 atom stereocenters. The van der Waals surface area contributed by atoms with Crippen molar-refractivity contribution in [2.75, 3.05) is 39.3 Å². The zero-order chi connectivity index (χ0) is 23.4.